The third-order valence-electron chi connectivity index (χ3n) is 2.00. The molecule has 0 heterocycles. The molecule has 1 nitrogen and oxygen atoms in total. The molecule has 15 heavy (non-hydrogen) atoms. The number of benzene rings is 2. The van der Waals surface area contributed by atoms with Crippen LogP contribution in [0.25, 0.3) is 0 Å². The van der Waals surface area contributed by atoms with Crippen LogP contribution < -0.4 is 4.74 Å². The van der Waals surface area contributed by atoms with Gasteiger partial charge in [0.25, 0.3) is 0 Å². The highest BCUT2D eigenvalue weighted by Crippen LogP contribution is 2.25. The zero-order chi connectivity index (χ0) is 10.7. The van der Waals surface area contributed by atoms with E-state index in [2.05, 4.69) is 22.9 Å². The summed E-state index contributed by atoms with van der Waals surface area (Å²) in [6, 6.07) is 15.4. The van der Waals surface area contributed by atoms with Gasteiger partial charge in [0.2, 0.25) is 0 Å². The Morgan fingerprint density at radius 1 is 0.933 bits per heavy atom. The van der Waals surface area contributed by atoms with Gasteiger partial charge in [0, 0.05) is 4.47 Å². The summed E-state index contributed by atoms with van der Waals surface area (Å²) in [5.74, 6) is 1.63. The van der Waals surface area contributed by atoms with Crippen molar-refractivity contribution in [1.29, 1.82) is 0 Å². The third kappa shape index (κ3) is 2.60. The second-order valence-corrected chi connectivity index (χ2v) is 4.02. The van der Waals surface area contributed by atoms with Gasteiger partial charge in [-0.05, 0) is 42.8 Å². The van der Waals surface area contributed by atoms with Gasteiger partial charge in [-0.1, -0.05) is 34.1 Å². The van der Waals surface area contributed by atoms with E-state index in [-0.39, 0.29) is 0 Å². The van der Waals surface area contributed by atoms with Gasteiger partial charge >= 0.3 is 0 Å². The van der Waals surface area contributed by atoms with Gasteiger partial charge in [-0.25, -0.2) is 0 Å². The average molecular weight is 262 g/mol. The first-order valence-corrected chi connectivity index (χ1v) is 5.39. The number of rotatable bonds is 2. The molecule has 75 valence electrons. The Labute approximate surface area is 97.8 Å². The zero-order valence-corrected chi connectivity index (χ0v) is 9.70. The van der Waals surface area contributed by atoms with Crippen molar-refractivity contribution in [3.8, 4) is 11.5 Å². The van der Waals surface area contributed by atoms with E-state index >= 15 is 0 Å². The minimum Gasteiger partial charge on any atom is -0.457 e. The van der Waals surface area contributed by atoms with Crippen LogP contribution in [0.15, 0.2) is 53.0 Å². The standard InChI is InChI=1S/C13H10BrO/c1-10-9-12(7-8-13(10)14)15-11-5-3-2-4-6-11/h2-9H,1H2. The van der Waals surface area contributed by atoms with Crippen molar-refractivity contribution in [2.24, 2.45) is 0 Å². The molecule has 0 atom stereocenters. The van der Waals surface area contributed by atoms with E-state index in [9.17, 15) is 0 Å². The minimum atomic E-state index is 0.800. The van der Waals surface area contributed by atoms with Crippen molar-refractivity contribution in [2.45, 2.75) is 0 Å². The Kier molecular flexibility index (Phi) is 3.07. The van der Waals surface area contributed by atoms with E-state index in [4.69, 9.17) is 4.74 Å². The van der Waals surface area contributed by atoms with Gasteiger partial charge in [-0.15, -0.1) is 0 Å². The van der Waals surface area contributed by atoms with Crippen molar-refractivity contribution in [3.63, 3.8) is 0 Å². The summed E-state index contributed by atoms with van der Waals surface area (Å²) in [7, 11) is 0. The fourth-order valence-electron chi connectivity index (χ4n) is 1.24. The largest absolute Gasteiger partial charge is 0.457 e. The molecule has 0 aliphatic heterocycles. The molecule has 0 fully saturated rings. The quantitative estimate of drug-likeness (QED) is 0.778. The van der Waals surface area contributed by atoms with Gasteiger partial charge < -0.3 is 4.74 Å². The molecular weight excluding hydrogens is 252 g/mol. The van der Waals surface area contributed by atoms with Crippen LogP contribution in [0, 0.1) is 6.92 Å². The van der Waals surface area contributed by atoms with Crippen molar-refractivity contribution < 1.29 is 4.74 Å². The fourth-order valence-corrected chi connectivity index (χ4v) is 1.49. The highest BCUT2D eigenvalue weighted by molar-refractivity contribution is 9.10. The maximum absolute atomic E-state index is 5.65. The molecule has 2 heteroatoms. The van der Waals surface area contributed by atoms with E-state index in [0.717, 1.165) is 21.5 Å². The van der Waals surface area contributed by atoms with E-state index in [0.29, 0.717) is 0 Å². The number of hydrogen-bond acceptors (Lipinski definition) is 1. The van der Waals surface area contributed by atoms with Gasteiger partial charge in [0.1, 0.15) is 11.5 Å². The molecule has 0 bridgehead atoms. The SMILES string of the molecule is [CH2]c1cc(Oc2ccccc2)ccc1Br. The summed E-state index contributed by atoms with van der Waals surface area (Å²) < 4.78 is 6.64. The van der Waals surface area contributed by atoms with Crippen LogP contribution in [-0.2, 0) is 0 Å². The normalized spacial score (nSPS) is 10.0. The van der Waals surface area contributed by atoms with Crippen molar-refractivity contribution in [3.05, 3.63) is 65.5 Å². The molecule has 0 aromatic heterocycles. The monoisotopic (exact) mass is 261 g/mol. The van der Waals surface area contributed by atoms with Crippen LogP contribution in [0.3, 0.4) is 0 Å². The van der Waals surface area contributed by atoms with Crippen molar-refractivity contribution in [2.75, 3.05) is 0 Å². The van der Waals surface area contributed by atoms with E-state index < -0.39 is 0 Å². The molecule has 0 aliphatic carbocycles. The topological polar surface area (TPSA) is 9.23 Å². The zero-order valence-electron chi connectivity index (χ0n) is 8.11. The lowest BCUT2D eigenvalue weighted by Crippen LogP contribution is -1.84. The lowest BCUT2D eigenvalue weighted by Gasteiger charge is -2.06. The predicted molar refractivity (Wildman–Crippen MR) is 65.1 cm³/mol. The van der Waals surface area contributed by atoms with Crippen LogP contribution in [-0.4, -0.2) is 0 Å². The summed E-state index contributed by atoms with van der Waals surface area (Å²) in [5.41, 5.74) is 0.920. The Morgan fingerprint density at radius 3 is 2.33 bits per heavy atom. The van der Waals surface area contributed by atoms with Gasteiger partial charge in [-0.3, -0.25) is 0 Å². The first-order valence-electron chi connectivity index (χ1n) is 4.60. The summed E-state index contributed by atoms with van der Waals surface area (Å²) in [4.78, 5) is 0. The maximum Gasteiger partial charge on any atom is 0.127 e. The highest BCUT2D eigenvalue weighted by atomic mass is 79.9. The lowest BCUT2D eigenvalue weighted by molar-refractivity contribution is 0.482. The molecule has 0 saturated carbocycles. The van der Waals surface area contributed by atoms with E-state index in [1.807, 2.05) is 48.5 Å². The van der Waals surface area contributed by atoms with Crippen LogP contribution in [0.1, 0.15) is 5.56 Å². The Morgan fingerprint density at radius 2 is 1.67 bits per heavy atom. The second kappa shape index (κ2) is 4.49. The average Bonchev–Trinajstić information content (AvgIpc) is 2.25. The summed E-state index contributed by atoms with van der Waals surface area (Å²) in [5, 5.41) is 0. The smallest absolute Gasteiger partial charge is 0.127 e. The predicted octanol–water partition coefficient (Wildman–Crippen LogP) is 4.42. The number of halogens is 1. The van der Waals surface area contributed by atoms with E-state index in [1.165, 1.54) is 0 Å². The first-order chi connectivity index (χ1) is 7.25. The molecular formula is C13H10BrO. The number of hydrogen-bond donors (Lipinski definition) is 0. The third-order valence-corrected chi connectivity index (χ3v) is 2.77. The molecule has 1 radical (unpaired) electrons. The van der Waals surface area contributed by atoms with Crippen LogP contribution >= 0.6 is 15.9 Å². The summed E-state index contributed by atoms with van der Waals surface area (Å²) >= 11 is 3.40. The van der Waals surface area contributed by atoms with E-state index in [1.54, 1.807) is 0 Å². The lowest BCUT2D eigenvalue weighted by atomic mass is 10.2. The molecule has 0 saturated heterocycles. The molecule has 0 aliphatic rings. The Hall–Kier alpha value is -1.28. The van der Waals surface area contributed by atoms with Crippen molar-refractivity contribution in [1.82, 2.24) is 0 Å². The first kappa shape index (κ1) is 10.2. The fraction of sp³-hybridized carbons (Fsp3) is 0. The molecule has 0 amide bonds. The van der Waals surface area contributed by atoms with Crippen LogP contribution in [0.2, 0.25) is 0 Å². The Bertz CT molecular complexity index is 451. The molecule has 2 rings (SSSR count). The van der Waals surface area contributed by atoms with Gasteiger partial charge in [0.15, 0.2) is 0 Å². The van der Waals surface area contributed by atoms with Gasteiger partial charge in [0.05, 0.1) is 0 Å². The highest BCUT2D eigenvalue weighted by Gasteiger charge is 1.99. The van der Waals surface area contributed by atoms with Crippen molar-refractivity contribution >= 4 is 15.9 Å². The maximum atomic E-state index is 5.65. The van der Waals surface area contributed by atoms with Crippen LogP contribution in [0.5, 0.6) is 11.5 Å². The van der Waals surface area contributed by atoms with Gasteiger partial charge in [-0.2, -0.15) is 0 Å². The summed E-state index contributed by atoms with van der Waals surface area (Å²) in [6.45, 7) is 3.90. The van der Waals surface area contributed by atoms with Crippen LogP contribution in [0.4, 0.5) is 0 Å². The summed E-state index contributed by atoms with van der Waals surface area (Å²) in [6.07, 6.45) is 0. The second-order valence-electron chi connectivity index (χ2n) is 3.17. The molecule has 0 N–H and O–H groups in total. The minimum absolute atomic E-state index is 0.800. The number of ether oxygens (including phenoxy) is 1. The number of para-hydroxylation sites is 1. The molecule has 0 unspecified atom stereocenters. The molecule has 0 spiro atoms. The molecule has 2 aromatic carbocycles. The molecule has 2 aromatic rings. The Balaban J connectivity index is 2.22.